The maximum atomic E-state index is 11.2. The van der Waals surface area contributed by atoms with Gasteiger partial charge in [0.2, 0.25) is 0 Å². The lowest BCUT2D eigenvalue weighted by molar-refractivity contribution is -0.124. The lowest BCUT2D eigenvalue weighted by Gasteiger charge is -2.04. The normalized spacial score (nSPS) is 8.76. The number of carbonyl (C=O) groups excluding carboxylic acids is 2. The van der Waals surface area contributed by atoms with Gasteiger partial charge in [0.1, 0.15) is 0 Å². The largest absolute Gasteiger partial charge is 0.508 e. The predicted molar refractivity (Wildman–Crippen MR) is 61.7 cm³/mol. The molecule has 0 bridgehead atoms. The molecule has 7 heteroatoms. The monoisotopic (exact) mass is 260 g/mol. The van der Waals surface area contributed by atoms with E-state index in [1.54, 1.807) is 18.3 Å². The Kier molecular flexibility index (Phi) is 7.45. The van der Waals surface area contributed by atoms with Crippen molar-refractivity contribution in [2.45, 2.75) is 6.54 Å². The molecule has 94 valence electrons. The van der Waals surface area contributed by atoms with Gasteiger partial charge in [-0.2, -0.15) is 0 Å². The van der Waals surface area contributed by atoms with Gasteiger partial charge in [-0.3, -0.25) is 9.78 Å². The Morgan fingerprint density at radius 1 is 1.41 bits per heavy atom. The summed E-state index contributed by atoms with van der Waals surface area (Å²) in [6.45, 7) is -0.0658. The number of methoxy groups -OCH3 is 1. The van der Waals surface area contributed by atoms with E-state index in [1.165, 1.54) is 7.11 Å². The van der Waals surface area contributed by atoms with Crippen LogP contribution in [0.4, 0.5) is 4.79 Å². The fourth-order valence-electron chi connectivity index (χ4n) is 0.926. The zero-order chi connectivity index (χ0) is 11.8. The van der Waals surface area contributed by atoms with Crippen LogP contribution in [0, 0.1) is 0 Å². The number of hydrogen-bond donors (Lipinski definition) is 1. The van der Waals surface area contributed by atoms with Crippen molar-refractivity contribution in [1.29, 1.82) is 0 Å². The molecule has 6 nitrogen and oxygen atoms in total. The molecule has 0 saturated heterocycles. The molecule has 0 saturated carbocycles. The number of nitrogens with one attached hydrogen (secondary N) is 1. The van der Waals surface area contributed by atoms with E-state index in [-0.39, 0.29) is 19.0 Å². The number of aromatic nitrogens is 1. The molecule has 0 aromatic carbocycles. The summed E-state index contributed by atoms with van der Waals surface area (Å²) in [5, 5.41) is 2.54. The molecule has 1 aromatic heterocycles. The van der Waals surface area contributed by atoms with Crippen molar-refractivity contribution in [2.75, 3.05) is 13.7 Å². The molecule has 1 aromatic rings. The molecular formula is C10H13ClN2O4. The van der Waals surface area contributed by atoms with Gasteiger partial charge in [0.05, 0.1) is 19.3 Å². The van der Waals surface area contributed by atoms with E-state index >= 15 is 0 Å². The van der Waals surface area contributed by atoms with Gasteiger partial charge < -0.3 is 14.8 Å². The second kappa shape index (κ2) is 8.35. The summed E-state index contributed by atoms with van der Waals surface area (Å²) in [5.74, 6) is -0.406. The Morgan fingerprint density at radius 3 is 2.76 bits per heavy atom. The van der Waals surface area contributed by atoms with Gasteiger partial charge >= 0.3 is 6.16 Å². The molecular weight excluding hydrogens is 248 g/mol. The van der Waals surface area contributed by atoms with Gasteiger partial charge in [0.25, 0.3) is 5.91 Å². The quantitative estimate of drug-likeness (QED) is 0.814. The third kappa shape index (κ3) is 6.36. The maximum Gasteiger partial charge on any atom is 0.508 e. The SMILES string of the molecule is COC(=O)OCC(=O)NCc1ccccn1.Cl. The first-order chi connectivity index (χ1) is 7.72. The van der Waals surface area contributed by atoms with E-state index in [0.717, 1.165) is 5.69 Å². The second-order valence-electron chi connectivity index (χ2n) is 2.84. The van der Waals surface area contributed by atoms with E-state index in [9.17, 15) is 9.59 Å². The molecule has 0 unspecified atom stereocenters. The van der Waals surface area contributed by atoms with Crippen LogP contribution >= 0.6 is 12.4 Å². The minimum absolute atomic E-state index is 0. The average molecular weight is 261 g/mol. The number of carbonyl (C=O) groups is 2. The van der Waals surface area contributed by atoms with Gasteiger partial charge in [0.15, 0.2) is 6.61 Å². The Bertz CT molecular complexity index is 359. The van der Waals surface area contributed by atoms with Crippen LogP contribution in [0.25, 0.3) is 0 Å². The average Bonchev–Trinajstić information content (AvgIpc) is 2.34. The first kappa shape index (κ1) is 15.2. The number of hydrogen-bond acceptors (Lipinski definition) is 5. The van der Waals surface area contributed by atoms with Crippen molar-refractivity contribution < 1.29 is 19.1 Å². The topological polar surface area (TPSA) is 77.5 Å². The predicted octanol–water partition coefficient (Wildman–Crippen LogP) is 0.903. The summed E-state index contributed by atoms with van der Waals surface area (Å²) in [6.07, 6.45) is 0.750. The molecule has 1 rings (SSSR count). The van der Waals surface area contributed by atoms with Gasteiger partial charge in [-0.1, -0.05) is 6.07 Å². The lowest BCUT2D eigenvalue weighted by Crippen LogP contribution is -2.28. The van der Waals surface area contributed by atoms with E-state index in [2.05, 4.69) is 19.8 Å². The molecule has 0 spiro atoms. The molecule has 0 radical (unpaired) electrons. The van der Waals surface area contributed by atoms with E-state index in [1.807, 2.05) is 6.07 Å². The summed E-state index contributed by atoms with van der Waals surface area (Å²) >= 11 is 0. The Hall–Kier alpha value is -1.82. The number of amides is 1. The Morgan fingerprint density at radius 2 is 2.18 bits per heavy atom. The van der Waals surface area contributed by atoms with Gasteiger partial charge in [0, 0.05) is 6.20 Å². The third-order valence-corrected chi connectivity index (χ3v) is 1.68. The summed E-state index contributed by atoms with van der Waals surface area (Å²) in [4.78, 5) is 25.7. The summed E-state index contributed by atoms with van der Waals surface area (Å²) in [6, 6.07) is 5.38. The number of rotatable bonds is 4. The van der Waals surface area contributed by atoms with Crippen LogP contribution in [0.2, 0.25) is 0 Å². The molecule has 17 heavy (non-hydrogen) atoms. The van der Waals surface area contributed by atoms with Gasteiger partial charge in [-0.15, -0.1) is 12.4 Å². The smallest absolute Gasteiger partial charge is 0.438 e. The van der Waals surface area contributed by atoms with Crippen molar-refractivity contribution in [3.8, 4) is 0 Å². The number of ether oxygens (including phenoxy) is 2. The van der Waals surface area contributed by atoms with Crippen molar-refractivity contribution in [2.24, 2.45) is 0 Å². The van der Waals surface area contributed by atoms with Crippen molar-refractivity contribution >= 4 is 24.5 Å². The lowest BCUT2D eigenvalue weighted by atomic mass is 10.3. The van der Waals surface area contributed by atoms with Crippen LogP contribution in [-0.4, -0.2) is 30.8 Å². The molecule has 1 amide bonds. The molecule has 0 atom stereocenters. The number of pyridine rings is 1. The molecule has 1 N–H and O–H groups in total. The highest BCUT2D eigenvalue weighted by molar-refractivity contribution is 5.85. The third-order valence-electron chi connectivity index (χ3n) is 1.68. The fraction of sp³-hybridized carbons (Fsp3) is 0.300. The van der Waals surface area contributed by atoms with E-state index in [0.29, 0.717) is 6.54 Å². The maximum absolute atomic E-state index is 11.2. The van der Waals surface area contributed by atoms with Crippen LogP contribution in [0.15, 0.2) is 24.4 Å². The van der Waals surface area contributed by atoms with Crippen LogP contribution in [-0.2, 0) is 20.8 Å². The minimum Gasteiger partial charge on any atom is -0.438 e. The summed E-state index contributed by atoms with van der Waals surface area (Å²) in [5.41, 5.74) is 0.730. The molecule has 0 aliphatic heterocycles. The Balaban J connectivity index is 0.00000256. The molecule has 0 fully saturated rings. The highest BCUT2D eigenvalue weighted by atomic mass is 35.5. The zero-order valence-corrected chi connectivity index (χ0v) is 10.0. The van der Waals surface area contributed by atoms with E-state index in [4.69, 9.17) is 0 Å². The van der Waals surface area contributed by atoms with Crippen LogP contribution in [0.3, 0.4) is 0 Å². The van der Waals surface area contributed by atoms with Crippen LogP contribution in [0.1, 0.15) is 5.69 Å². The minimum atomic E-state index is -0.881. The first-order valence-corrected chi connectivity index (χ1v) is 4.59. The second-order valence-corrected chi connectivity index (χ2v) is 2.84. The van der Waals surface area contributed by atoms with Crippen molar-refractivity contribution in [1.82, 2.24) is 10.3 Å². The highest BCUT2D eigenvalue weighted by Crippen LogP contribution is 1.92. The molecule has 1 heterocycles. The highest BCUT2D eigenvalue weighted by Gasteiger charge is 2.06. The Labute approximate surface area is 105 Å². The first-order valence-electron chi connectivity index (χ1n) is 4.59. The van der Waals surface area contributed by atoms with Crippen LogP contribution in [0.5, 0.6) is 0 Å². The van der Waals surface area contributed by atoms with Crippen molar-refractivity contribution in [3.63, 3.8) is 0 Å². The zero-order valence-electron chi connectivity index (χ0n) is 9.21. The summed E-state index contributed by atoms with van der Waals surface area (Å²) in [7, 11) is 1.17. The molecule has 0 aliphatic carbocycles. The van der Waals surface area contributed by atoms with Gasteiger partial charge in [-0.05, 0) is 12.1 Å². The van der Waals surface area contributed by atoms with Crippen LogP contribution < -0.4 is 5.32 Å². The molecule has 0 aliphatic rings. The number of nitrogens with zero attached hydrogens (tertiary/aromatic N) is 1. The standard InChI is InChI=1S/C10H12N2O4.ClH/c1-15-10(14)16-7-9(13)12-6-8-4-2-3-5-11-8;/h2-5H,6-7H2,1H3,(H,12,13);1H. The fourth-order valence-corrected chi connectivity index (χ4v) is 0.926. The number of halogens is 1. The summed E-state index contributed by atoms with van der Waals surface area (Å²) < 4.78 is 8.66. The van der Waals surface area contributed by atoms with E-state index < -0.39 is 12.1 Å². The van der Waals surface area contributed by atoms with Gasteiger partial charge in [-0.25, -0.2) is 4.79 Å². The van der Waals surface area contributed by atoms with Crippen molar-refractivity contribution in [3.05, 3.63) is 30.1 Å².